The van der Waals surface area contributed by atoms with Crippen LogP contribution < -0.4 is 11.1 Å². The van der Waals surface area contributed by atoms with Crippen LogP contribution in [0.3, 0.4) is 0 Å². The third kappa shape index (κ3) is 4.14. The maximum atomic E-state index is 13.3. The SMILES string of the molecule is Nc1nc(Cl)c(N=Nc2cccc(F)c2)c(NC2(O)CCC(CO)C2O)n1. The second-order valence-electron chi connectivity index (χ2n) is 6.23. The summed E-state index contributed by atoms with van der Waals surface area (Å²) in [5.41, 5.74) is 4.04. The highest BCUT2D eigenvalue weighted by molar-refractivity contribution is 6.32. The Morgan fingerprint density at radius 1 is 1.37 bits per heavy atom. The molecule has 3 atom stereocenters. The zero-order valence-corrected chi connectivity index (χ0v) is 14.8. The summed E-state index contributed by atoms with van der Waals surface area (Å²) < 4.78 is 13.3. The van der Waals surface area contributed by atoms with Crippen molar-refractivity contribution < 1.29 is 19.7 Å². The van der Waals surface area contributed by atoms with E-state index in [2.05, 4.69) is 25.5 Å². The number of nitrogens with two attached hydrogens (primary N) is 1. The molecular weight excluding hydrogens is 379 g/mol. The van der Waals surface area contributed by atoms with Gasteiger partial charge in [-0.25, -0.2) is 4.39 Å². The third-order valence-corrected chi connectivity index (χ3v) is 4.60. The highest BCUT2D eigenvalue weighted by Crippen LogP contribution is 2.39. The van der Waals surface area contributed by atoms with Crippen LogP contribution in [0.25, 0.3) is 0 Å². The summed E-state index contributed by atoms with van der Waals surface area (Å²) in [5.74, 6) is -1.20. The molecule has 0 spiro atoms. The van der Waals surface area contributed by atoms with Crippen LogP contribution in [-0.4, -0.2) is 43.7 Å². The first-order chi connectivity index (χ1) is 12.8. The zero-order chi connectivity index (χ0) is 19.6. The van der Waals surface area contributed by atoms with Crippen molar-refractivity contribution in [1.82, 2.24) is 9.97 Å². The van der Waals surface area contributed by atoms with Crippen LogP contribution in [0.15, 0.2) is 34.5 Å². The van der Waals surface area contributed by atoms with Crippen molar-refractivity contribution in [2.24, 2.45) is 16.1 Å². The standard InChI is InChI=1S/C16H18ClFN6O3/c17-13-11(24-23-10-3-1-2-9(18)6-10)14(21-15(19)20-13)22-16(27)5-4-8(7-25)12(16)26/h1-3,6,8,12,25-27H,4-5,7H2,(H3,19,20,21,22). The lowest BCUT2D eigenvalue weighted by molar-refractivity contribution is -0.0545. The molecule has 0 bridgehead atoms. The highest BCUT2D eigenvalue weighted by atomic mass is 35.5. The first-order valence-electron chi connectivity index (χ1n) is 8.12. The molecule has 1 heterocycles. The molecule has 3 unspecified atom stereocenters. The lowest BCUT2D eigenvalue weighted by Gasteiger charge is -2.30. The van der Waals surface area contributed by atoms with E-state index in [1.165, 1.54) is 24.3 Å². The van der Waals surface area contributed by atoms with Crippen molar-refractivity contribution in [2.75, 3.05) is 17.7 Å². The van der Waals surface area contributed by atoms with Crippen LogP contribution in [0.2, 0.25) is 5.15 Å². The molecule has 0 amide bonds. The number of nitrogen functional groups attached to an aromatic ring is 1. The Hall–Kier alpha value is -2.40. The molecule has 9 nitrogen and oxygen atoms in total. The van der Waals surface area contributed by atoms with Gasteiger partial charge in [-0.15, -0.1) is 5.11 Å². The maximum absolute atomic E-state index is 13.3. The summed E-state index contributed by atoms with van der Waals surface area (Å²) in [4.78, 5) is 7.76. The molecule has 0 aliphatic heterocycles. The number of hydrogen-bond acceptors (Lipinski definition) is 9. The number of nitrogens with one attached hydrogen (secondary N) is 1. The van der Waals surface area contributed by atoms with Gasteiger partial charge in [-0.05, 0) is 25.0 Å². The van der Waals surface area contributed by atoms with Crippen molar-refractivity contribution in [3.05, 3.63) is 35.2 Å². The fourth-order valence-corrected chi connectivity index (χ4v) is 3.11. The molecule has 1 aliphatic carbocycles. The molecule has 1 saturated carbocycles. The molecule has 144 valence electrons. The van der Waals surface area contributed by atoms with Gasteiger partial charge in [0.15, 0.2) is 22.4 Å². The van der Waals surface area contributed by atoms with Gasteiger partial charge in [-0.3, -0.25) is 0 Å². The Labute approximate surface area is 158 Å². The van der Waals surface area contributed by atoms with E-state index in [-0.39, 0.29) is 41.3 Å². The number of rotatable bonds is 5. The summed E-state index contributed by atoms with van der Waals surface area (Å²) in [6, 6.07) is 5.44. The molecule has 0 radical (unpaired) electrons. The molecule has 1 fully saturated rings. The molecule has 1 aliphatic rings. The van der Waals surface area contributed by atoms with Crippen molar-refractivity contribution in [3.63, 3.8) is 0 Å². The number of nitrogens with zero attached hydrogens (tertiary/aromatic N) is 4. The first-order valence-corrected chi connectivity index (χ1v) is 8.50. The molecular formula is C16H18ClFN6O3. The average Bonchev–Trinajstić information content (AvgIpc) is 2.88. The maximum Gasteiger partial charge on any atom is 0.223 e. The van der Waals surface area contributed by atoms with E-state index in [9.17, 15) is 19.7 Å². The first kappa shape index (κ1) is 19.4. The lowest BCUT2D eigenvalue weighted by atomic mass is 10.0. The molecule has 2 aromatic rings. The van der Waals surface area contributed by atoms with E-state index in [0.29, 0.717) is 6.42 Å². The molecule has 3 rings (SSSR count). The normalized spacial score (nSPS) is 25.2. The van der Waals surface area contributed by atoms with Gasteiger partial charge in [-0.1, -0.05) is 17.7 Å². The van der Waals surface area contributed by atoms with Gasteiger partial charge in [0.25, 0.3) is 0 Å². The van der Waals surface area contributed by atoms with Crippen molar-refractivity contribution in [3.8, 4) is 0 Å². The Balaban J connectivity index is 1.94. The van der Waals surface area contributed by atoms with Gasteiger partial charge in [0.05, 0.1) is 5.69 Å². The van der Waals surface area contributed by atoms with Crippen molar-refractivity contribution in [1.29, 1.82) is 0 Å². The van der Waals surface area contributed by atoms with Gasteiger partial charge >= 0.3 is 0 Å². The van der Waals surface area contributed by atoms with Crippen molar-refractivity contribution in [2.45, 2.75) is 24.7 Å². The third-order valence-electron chi connectivity index (χ3n) is 4.33. The molecule has 6 N–H and O–H groups in total. The monoisotopic (exact) mass is 396 g/mol. The van der Waals surface area contributed by atoms with Gasteiger partial charge in [0, 0.05) is 18.6 Å². The van der Waals surface area contributed by atoms with E-state index in [1.54, 1.807) is 0 Å². The molecule has 27 heavy (non-hydrogen) atoms. The molecule has 0 saturated heterocycles. The van der Waals surface area contributed by atoms with E-state index >= 15 is 0 Å². The van der Waals surface area contributed by atoms with Crippen LogP contribution in [0.1, 0.15) is 12.8 Å². The smallest absolute Gasteiger partial charge is 0.223 e. The van der Waals surface area contributed by atoms with Crippen LogP contribution in [0.5, 0.6) is 0 Å². The Morgan fingerprint density at radius 3 is 2.81 bits per heavy atom. The van der Waals surface area contributed by atoms with E-state index in [4.69, 9.17) is 17.3 Å². The van der Waals surface area contributed by atoms with Gasteiger partial charge in [0.1, 0.15) is 11.9 Å². The fourth-order valence-electron chi connectivity index (χ4n) is 2.90. The Bertz CT molecular complexity index is 870. The van der Waals surface area contributed by atoms with E-state index in [1.807, 2.05) is 0 Å². The van der Waals surface area contributed by atoms with Crippen LogP contribution in [-0.2, 0) is 0 Å². The molecule has 1 aromatic carbocycles. The van der Waals surface area contributed by atoms with Gasteiger partial charge < -0.3 is 26.4 Å². The van der Waals surface area contributed by atoms with Crippen LogP contribution in [0, 0.1) is 11.7 Å². The minimum Gasteiger partial charge on any atom is -0.396 e. The predicted molar refractivity (Wildman–Crippen MR) is 96.4 cm³/mol. The summed E-state index contributed by atoms with van der Waals surface area (Å²) in [6.07, 6.45) is -0.692. The fraction of sp³-hybridized carbons (Fsp3) is 0.375. The topological polar surface area (TPSA) is 149 Å². The van der Waals surface area contributed by atoms with Gasteiger partial charge in [0.2, 0.25) is 5.95 Å². The summed E-state index contributed by atoms with van der Waals surface area (Å²) >= 11 is 6.07. The second-order valence-corrected chi connectivity index (χ2v) is 6.58. The quantitative estimate of drug-likeness (QED) is 0.295. The second kappa shape index (κ2) is 7.69. The van der Waals surface area contributed by atoms with E-state index < -0.39 is 23.6 Å². The largest absolute Gasteiger partial charge is 0.396 e. The highest BCUT2D eigenvalue weighted by Gasteiger charge is 2.47. The minimum atomic E-state index is -1.76. The lowest BCUT2D eigenvalue weighted by Crippen LogP contribution is -2.48. The summed E-state index contributed by atoms with van der Waals surface area (Å²) in [6.45, 7) is -0.274. The number of hydrogen-bond donors (Lipinski definition) is 5. The number of azo groups is 1. The summed E-state index contributed by atoms with van der Waals surface area (Å²) in [7, 11) is 0. The van der Waals surface area contributed by atoms with Crippen molar-refractivity contribution >= 4 is 34.7 Å². The predicted octanol–water partition coefficient (Wildman–Crippen LogP) is 2.13. The van der Waals surface area contributed by atoms with Crippen LogP contribution in [0.4, 0.5) is 27.5 Å². The molecule has 1 aromatic heterocycles. The number of halogens is 2. The Kier molecular flexibility index (Phi) is 5.51. The number of aliphatic hydroxyl groups is 3. The van der Waals surface area contributed by atoms with Crippen LogP contribution >= 0.6 is 11.6 Å². The number of anilines is 2. The average molecular weight is 397 g/mol. The number of aliphatic hydroxyl groups excluding tert-OH is 2. The Morgan fingerprint density at radius 2 is 2.15 bits per heavy atom. The molecule has 11 heteroatoms. The number of benzene rings is 1. The summed E-state index contributed by atoms with van der Waals surface area (Å²) in [5, 5.41) is 40.6. The minimum absolute atomic E-state index is 0.0387. The zero-order valence-electron chi connectivity index (χ0n) is 14.0. The van der Waals surface area contributed by atoms with Gasteiger partial charge in [-0.2, -0.15) is 15.1 Å². The number of aromatic nitrogens is 2. The van der Waals surface area contributed by atoms with E-state index in [0.717, 1.165) is 0 Å².